The summed E-state index contributed by atoms with van der Waals surface area (Å²) in [4.78, 5) is 4.36. The van der Waals surface area contributed by atoms with Gasteiger partial charge in [0.1, 0.15) is 24.7 Å². The molecule has 1 aliphatic rings. The monoisotopic (exact) mass is 246 g/mol. The van der Waals surface area contributed by atoms with Gasteiger partial charge in [-0.1, -0.05) is 0 Å². The number of nitrogens with zero attached hydrogens (tertiary/aromatic N) is 1. The van der Waals surface area contributed by atoms with Gasteiger partial charge in [-0.15, -0.1) is 0 Å². The van der Waals surface area contributed by atoms with Gasteiger partial charge in [0.05, 0.1) is 6.54 Å². The van der Waals surface area contributed by atoms with Crippen molar-refractivity contribution in [3.05, 3.63) is 29.9 Å². The fourth-order valence-electron chi connectivity index (χ4n) is 2.02. The Bertz CT molecular complexity index is 578. The van der Waals surface area contributed by atoms with Crippen LogP contribution in [0, 0.1) is 6.92 Å². The van der Waals surface area contributed by atoms with E-state index in [9.17, 15) is 0 Å². The molecule has 0 saturated carbocycles. The van der Waals surface area contributed by atoms with Gasteiger partial charge in [0, 0.05) is 12.5 Å². The Morgan fingerprint density at radius 1 is 1.22 bits per heavy atom. The maximum Gasteiger partial charge on any atom is 0.191 e. The molecule has 1 aromatic heterocycles. The van der Waals surface area contributed by atoms with Crippen LogP contribution in [-0.2, 0) is 6.54 Å². The second-order valence-corrected chi connectivity index (χ2v) is 4.07. The lowest BCUT2D eigenvalue weighted by Gasteiger charge is -2.18. The zero-order chi connectivity index (χ0) is 12.5. The Hall–Kier alpha value is -2.01. The zero-order valence-electron chi connectivity index (χ0n) is 10.1. The average molecular weight is 246 g/mol. The molecular weight excluding hydrogens is 232 g/mol. The summed E-state index contributed by atoms with van der Waals surface area (Å²) < 4.78 is 16.5. The maximum atomic E-state index is 5.65. The molecule has 0 atom stereocenters. The molecule has 3 rings (SSSR count). The van der Waals surface area contributed by atoms with E-state index < -0.39 is 0 Å². The number of benzene rings is 1. The largest absolute Gasteiger partial charge is 0.486 e. The maximum absolute atomic E-state index is 5.65. The normalized spacial score (nSPS) is 13.7. The number of aromatic nitrogens is 1. The predicted molar refractivity (Wildman–Crippen MR) is 65.6 cm³/mol. The van der Waals surface area contributed by atoms with Gasteiger partial charge in [-0.25, -0.2) is 4.98 Å². The van der Waals surface area contributed by atoms with E-state index in [1.165, 1.54) is 0 Å². The fraction of sp³-hybridized carbons (Fsp3) is 0.308. The molecule has 18 heavy (non-hydrogen) atoms. The van der Waals surface area contributed by atoms with Gasteiger partial charge in [0.25, 0.3) is 0 Å². The summed E-state index contributed by atoms with van der Waals surface area (Å²) in [6, 6.07) is 5.73. The SMILES string of the molecule is Cc1nc(-c2ccc3c(c2)OCCO3)c(CN)o1. The lowest BCUT2D eigenvalue weighted by molar-refractivity contribution is 0.171. The lowest BCUT2D eigenvalue weighted by Crippen LogP contribution is -2.15. The van der Waals surface area contributed by atoms with E-state index in [0.717, 1.165) is 22.8 Å². The molecule has 0 spiro atoms. The first-order valence-electron chi connectivity index (χ1n) is 5.84. The van der Waals surface area contributed by atoms with Crippen molar-refractivity contribution in [2.24, 2.45) is 5.73 Å². The summed E-state index contributed by atoms with van der Waals surface area (Å²) in [5, 5.41) is 0. The van der Waals surface area contributed by atoms with E-state index in [4.69, 9.17) is 19.6 Å². The van der Waals surface area contributed by atoms with E-state index >= 15 is 0 Å². The number of aryl methyl sites for hydroxylation is 1. The van der Waals surface area contributed by atoms with E-state index in [-0.39, 0.29) is 0 Å². The number of hydrogen-bond acceptors (Lipinski definition) is 5. The summed E-state index contributed by atoms with van der Waals surface area (Å²) in [7, 11) is 0. The highest BCUT2D eigenvalue weighted by molar-refractivity contribution is 5.65. The first-order chi connectivity index (χ1) is 8.78. The van der Waals surface area contributed by atoms with E-state index in [1.807, 2.05) is 18.2 Å². The van der Waals surface area contributed by atoms with Crippen molar-refractivity contribution >= 4 is 0 Å². The molecule has 2 aromatic rings. The van der Waals surface area contributed by atoms with E-state index in [0.29, 0.717) is 31.4 Å². The first kappa shape index (κ1) is 11.1. The van der Waals surface area contributed by atoms with Crippen molar-refractivity contribution in [1.82, 2.24) is 4.98 Å². The molecule has 5 nitrogen and oxygen atoms in total. The smallest absolute Gasteiger partial charge is 0.191 e. The summed E-state index contributed by atoms with van der Waals surface area (Å²) in [6.07, 6.45) is 0. The van der Waals surface area contributed by atoms with Crippen molar-refractivity contribution < 1.29 is 13.9 Å². The van der Waals surface area contributed by atoms with Gasteiger partial charge in [-0.05, 0) is 18.2 Å². The summed E-state index contributed by atoms with van der Waals surface area (Å²) in [5.41, 5.74) is 7.35. The van der Waals surface area contributed by atoms with Gasteiger partial charge < -0.3 is 19.6 Å². The van der Waals surface area contributed by atoms with Gasteiger partial charge >= 0.3 is 0 Å². The Morgan fingerprint density at radius 3 is 2.78 bits per heavy atom. The standard InChI is InChI=1S/C13H14N2O3/c1-8-15-13(12(7-14)18-8)9-2-3-10-11(6-9)17-5-4-16-10/h2-3,6H,4-5,7,14H2,1H3. The molecular formula is C13H14N2O3. The lowest BCUT2D eigenvalue weighted by atomic mass is 10.1. The van der Waals surface area contributed by atoms with Crippen LogP contribution in [0.5, 0.6) is 11.5 Å². The molecule has 0 aliphatic carbocycles. The Labute approximate surface area is 105 Å². The predicted octanol–water partition coefficient (Wildman–Crippen LogP) is 1.88. The molecule has 0 fully saturated rings. The number of oxazole rings is 1. The number of nitrogens with two attached hydrogens (primary N) is 1. The highest BCUT2D eigenvalue weighted by atomic mass is 16.6. The fourth-order valence-corrected chi connectivity index (χ4v) is 2.02. The Morgan fingerprint density at radius 2 is 2.00 bits per heavy atom. The van der Waals surface area contributed by atoms with Crippen molar-refractivity contribution in [3.8, 4) is 22.8 Å². The second-order valence-electron chi connectivity index (χ2n) is 4.07. The Balaban J connectivity index is 2.06. The van der Waals surface area contributed by atoms with Crippen LogP contribution in [0.1, 0.15) is 11.7 Å². The molecule has 0 saturated heterocycles. The molecule has 0 bridgehead atoms. The van der Waals surface area contributed by atoms with Crippen LogP contribution in [0.15, 0.2) is 22.6 Å². The highest BCUT2D eigenvalue weighted by Crippen LogP contribution is 2.35. The number of fused-ring (bicyclic) bond motifs is 1. The molecule has 2 N–H and O–H groups in total. The molecule has 0 unspecified atom stereocenters. The van der Waals surface area contributed by atoms with Crippen LogP contribution in [0.25, 0.3) is 11.3 Å². The van der Waals surface area contributed by atoms with Crippen molar-refractivity contribution in [1.29, 1.82) is 0 Å². The van der Waals surface area contributed by atoms with E-state index in [1.54, 1.807) is 6.92 Å². The van der Waals surface area contributed by atoms with E-state index in [2.05, 4.69) is 4.98 Å². The second kappa shape index (κ2) is 4.34. The van der Waals surface area contributed by atoms with Crippen LogP contribution in [0.2, 0.25) is 0 Å². The van der Waals surface area contributed by atoms with Crippen LogP contribution < -0.4 is 15.2 Å². The minimum Gasteiger partial charge on any atom is -0.486 e. The molecule has 1 aliphatic heterocycles. The average Bonchev–Trinajstić information content (AvgIpc) is 2.79. The number of rotatable bonds is 2. The molecule has 1 aromatic carbocycles. The highest BCUT2D eigenvalue weighted by Gasteiger charge is 2.16. The minimum atomic E-state index is 0.324. The molecule has 0 amide bonds. The first-order valence-corrected chi connectivity index (χ1v) is 5.84. The van der Waals surface area contributed by atoms with Crippen molar-refractivity contribution in [3.63, 3.8) is 0 Å². The van der Waals surface area contributed by atoms with Gasteiger partial charge in [0.2, 0.25) is 0 Å². The van der Waals surface area contributed by atoms with Crippen LogP contribution in [0.3, 0.4) is 0 Å². The van der Waals surface area contributed by atoms with Crippen LogP contribution in [-0.4, -0.2) is 18.2 Å². The van der Waals surface area contributed by atoms with Crippen molar-refractivity contribution in [2.75, 3.05) is 13.2 Å². The summed E-state index contributed by atoms with van der Waals surface area (Å²) in [6.45, 7) is 3.28. The van der Waals surface area contributed by atoms with Crippen LogP contribution in [0.4, 0.5) is 0 Å². The zero-order valence-corrected chi connectivity index (χ0v) is 10.1. The summed E-state index contributed by atoms with van der Waals surface area (Å²) in [5.74, 6) is 2.80. The summed E-state index contributed by atoms with van der Waals surface area (Å²) >= 11 is 0. The molecule has 5 heteroatoms. The van der Waals surface area contributed by atoms with Gasteiger partial charge in [-0.3, -0.25) is 0 Å². The number of ether oxygens (including phenoxy) is 2. The topological polar surface area (TPSA) is 70.5 Å². The third kappa shape index (κ3) is 1.82. The number of hydrogen-bond donors (Lipinski definition) is 1. The Kier molecular flexibility index (Phi) is 2.68. The minimum absolute atomic E-state index is 0.324. The van der Waals surface area contributed by atoms with Gasteiger partial charge in [0.15, 0.2) is 17.4 Å². The van der Waals surface area contributed by atoms with Crippen LogP contribution >= 0.6 is 0 Å². The quantitative estimate of drug-likeness (QED) is 0.876. The third-order valence-electron chi connectivity index (χ3n) is 2.81. The molecule has 0 radical (unpaired) electrons. The third-order valence-corrected chi connectivity index (χ3v) is 2.81. The molecule has 2 heterocycles. The molecule has 94 valence electrons. The van der Waals surface area contributed by atoms with Crippen molar-refractivity contribution in [2.45, 2.75) is 13.5 Å². The van der Waals surface area contributed by atoms with Gasteiger partial charge in [-0.2, -0.15) is 0 Å².